The molecular formula is C17H17FN4O. The van der Waals surface area contributed by atoms with Gasteiger partial charge in [-0.25, -0.2) is 14.1 Å². The van der Waals surface area contributed by atoms with Crippen molar-refractivity contribution in [2.45, 2.75) is 38.1 Å². The molecule has 23 heavy (non-hydrogen) atoms. The van der Waals surface area contributed by atoms with Crippen LogP contribution in [0.25, 0.3) is 16.7 Å². The van der Waals surface area contributed by atoms with Crippen molar-refractivity contribution < 1.29 is 4.39 Å². The molecule has 3 aromatic rings. The highest BCUT2D eigenvalue weighted by Crippen LogP contribution is 2.27. The lowest BCUT2D eigenvalue weighted by molar-refractivity contribution is 0.345. The third kappa shape index (κ3) is 2.44. The number of benzene rings is 1. The zero-order chi connectivity index (χ0) is 15.8. The van der Waals surface area contributed by atoms with Crippen molar-refractivity contribution in [1.82, 2.24) is 19.3 Å². The molecule has 0 N–H and O–H groups in total. The monoisotopic (exact) mass is 312 g/mol. The number of fused-ring (bicyclic) bond motifs is 1. The van der Waals surface area contributed by atoms with Gasteiger partial charge in [0.05, 0.1) is 11.9 Å². The molecular weight excluding hydrogens is 295 g/mol. The molecule has 0 atom stereocenters. The molecule has 2 heterocycles. The van der Waals surface area contributed by atoms with E-state index >= 15 is 0 Å². The van der Waals surface area contributed by atoms with Crippen molar-refractivity contribution in [3.63, 3.8) is 0 Å². The molecule has 1 fully saturated rings. The summed E-state index contributed by atoms with van der Waals surface area (Å²) >= 11 is 0. The molecule has 1 aromatic carbocycles. The van der Waals surface area contributed by atoms with Crippen LogP contribution in [0.4, 0.5) is 4.39 Å². The van der Waals surface area contributed by atoms with E-state index in [0.717, 1.165) is 25.7 Å². The zero-order valence-corrected chi connectivity index (χ0v) is 12.7. The lowest BCUT2D eigenvalue weighted by Crippen LogP contribution is -2.26. The summed E-state index contributed by atoms with van der Waals surface area (Å²) in [6, 6.07) is 6.21. The van der Waals surface area contributed by atoms with Gasteiger partial charge < -0.3 is 0 Å². The van der Waals surface area contributed by atoms with Crippen molar-refractivity contribution in [3.05, 3.63) is 53.0 Å². The molecule has 0 unspecified atom stereocenters. The SMILES string of the molecule is O=c1c2cnn(-c3ccc(F)cc3)c2ncn1C1CCCCC1. The largest absolute Gasteiger partial charge is 0.295 e. The Morgan fingerprint density at radius 1 is 1.09 bits per heavy atom. The van der Waals surface area contributed by atoms with Crippen LogP contribution in [0.5, 0.6) is 0 Å². The molecule has 1 saturated carbocycles. The van der Waals surface area contributed by atoms with E-state index in [9.17, 15) is 9.18 Å². The first-order valence-electron chi connectivity index (χ1n) is 7.95. The van der Waals surface area contributed by atoms with Gasteiger partial charge in [-0.3, -0.25) is 9.36 Å². The minimum absolute atomic E-state index is 0.0461. The van der Waals surface area contributed by atoms with E-state index in [2.05, 4.69) is 10.1 Å². The Kier molecular flexibility index (Phi) is 3.44. The number of nitrogens with zero attached hydrogens (tertiary/aromatic N) is 4. The maximum absolute atomic E-state index is 13.1. The molecule has 0 spiro atoms. The summed E-state index contributed by atoms with van der Waals surface area (Å²) in [6.07, 6.45) is 8.78. The quantitative estimate of drug-likeness (QED) is 0.730. The Morgan fingerprint density at radius 3 is 2.57 bits per heavy atom. The first-order chi connectivity index (χ1) is 11.2. The summed E-state index contributed by atoms with van der Waals surface area (Å²) in [5, 5.41) is 4.76. The standard InChI is InChI=1S/C17H17FN4O/c18-12-6-8-14(9-7-12)22-16-15(10-20-22)17(23)21(11-19-16)13-4-2-1-3-5-13/h6-11,13H,1-5H2. The van der Waals surface area contributed by atoms with Crippen molar-refractivity contribution in [2.24, 2.45) is 0 Å². The van der Waals surface area contributed by atoms with Gasteiger partial charge in [0, 0.05) is 6.04 Å². The van der Waals surface area contributed by atoms with Crippen LogP contribution in [0.1, 0.15) is 38.1 Å². The summed E-state index contributed by atoms with van der Waals surface area (Å²) < 4.78 is 16.4. The fourth-order valence-electron chi connectivity index (χ4n) is 3.32. The molecule has 2 aromatic heterocycles. The van der Waals surface area contributed by atoms with Crippen LogP contribution >= 0.6 is 0 Å². The second-order valence-electron chi connectivity index (χ2n) is 6.02. The summed E-state index contributed by atoms with van der Waals surface area (Å²) in [4.78, 5) is 17.2. The lowest BCUT2D eigenvalue weighted by atomic mass is 9.95. The van der Waals surface area contributed by atoms with Crippen LogP contribution in [0, 0.1) is 5.82 Å². The molecule has 0 bridgehead atoms. The van der Waals surface area contributed by atoms with E-state index in [0.29, 0.717) is 16.7 Å². The summed E-state index contributed by atoms with van der Waals surface area (Å²) in [5.41, 5.74) is 1.15. The highest BCUT2D eigenvalue weighted by Gasteiger charge is 2.19. The normalized spacial score (nSPS) is 16.0. The minimum Gasteiger partial charge on any atom is -0.295 e. The maximum Gasteiger partial charge on any atom is 0.264 e. The van der Waals surface area contributed by atoms with E-state index in [1.807, 2.05) is 0 Å². The fourth-order valence-corrected chi connectivity index (χ4v) is 3.32. The summed E-state index contributed by atoms with van der Waals surface area (Å²) in [7, 11) is 0. The molecule has 1 aliphatic rings. The van der Waals surface area contributed by atoms with Gasteiger partial charge in [-0.05, 0) is 37.1 Å². The summed E-state index contributed by atoms with van der Waals surface area (Å²) in [6.45, 7) is 0. The topological polar surface area (TPSA) is 52.7 Å². The van der Waals surface area contributed by atoms with Gasteiger partial charge in [-0.1, -0.05) is 19.3 Å². The Labute approximate surface area is 132 Å². The molecule has 5 nitrogen and oxygen atoms in total. The number of aromatic nitrogens is 4. The van der Waals surface area contributed by atoms with Gasteiger partial charge in [-0.2, -0.15) is 5.10 Å². The van der Waals surface area contributed by atoms with Crippen LogP contribution in [0.15, 0.2) is 41.6 Å². The Morgan fingerprint density at radius 2 is 1.83 bits per heavy atom. The first-order valence-corrected chi connectivity index (χ1v) is 7.95. The maximum atomic E-state index is 13.1. The molecule has 4 rings (SSSR count). The van der Waals surface area contributed by atoms with Crippen LogP contribution < -0.4 is 5.56 Å². The average molecular weight is 312 g/mol. The Hall–Kier alpha value is -2.50. The molecule has 118 valence electrons. The van der Waals surface area contributed by atoms with Crippen molar-refractivity contribution in [1.29, 1.82) is 0 Å². The van der Waals surface area contributed by atoms with Gasteiger partial charge >= 0.3 is 0 Å². The first kappa shape index (κ1) is 14.1. The Balaban J connectivity index is 1.80. The van der Waals surface area contributed by atoms with Crippen LogP contribution in [0.2, 0.25) is 0 Å². The van der Waals surface area contributed by atoms with E-state index in [4.69, 9.17) is 0 Å². The highest BCUT2D eigenvalue weighted by molar-refractivity contribution is 5.74. The smallest absolute Gasteiger partial charge is 0.264 e. The van der Waals surface area contributed by atoms with E-state index < -0.39 is 0 Å². The van der Waals surface area contributed by atoms with Gasteiger partial charge in [0.1, 0.15) is 17.5 Å². The molecule has 0 saturated heterocycles. The summed E-state index contributed by atoms with van der Waals surface area (Å²) in [5.74, 6) is -0.308. The molecule has 1 aliphatic carbocycles. The molecule has 0 radical (unpaired) electrons. The number of hydrogen-bond acceptors (Lipinski definition) is 3. The van der Waals surface area contributed by atoms with Crippen molar-refractivity contribution in [2.75, 3.05) is 0 Å². The van der Waals surface area contributed by atoms with Crippen molar-refractivity contribution >= 4 is 11.0 Å². The number of halogens is 1. The third-order valence-electron chi connectivity index (χ3n) is 4.55. The fraction of sp³-hybridized carbons (Fsp3) is 0.353. The second kappa shape index (κ2) is 5.61. The van der Waals surface area contributed by atoms with Crippen molar-refractivity contribution in [3.8, 4) is 5.69 Å². The molecule has 6 heteroatoms. The zero-order valence-electron chi connectivity index (χ0n) is 12.7. The number of rotatable bonds is 2. The van der Waals surface area contributed by atoms with E-state index in [-0.39, 0.29) is 17.4 Å². The minimum atomic E-state index is -0.308. The third-order valence-corrected chi connectivity index (χ3v) is 4.55. The predicted molar refractivity (Wildman–Crippen MR) is 85.2 cm³/mol. The van der Waals surface area contributed by atoms with Gasteiger partial charge in [0.2, 0.25) is 0 Å². The lowest BCUT2D eigenvalue weighted by Gasteiger charge is -2.23. The highest BCUT2D eigenvalue weighted by atomic mass is 19.1. The van der Waals surface area contributed by atoms with E-state index in [1.54, 1.807) is 33.9 Å². The second-order valence-corrected chi connectivity index (χ2v) is 6.02. The van der Waals surface area contributed by atoms with Gasteiger partial charge in [0.25, 0.3) is 5.56 Å². The Bertz CT molecular complexity index is 891. The van der Waals surface area contributed by atoms with Gasteiger partial charge in [-0.15, -0.1) is 0 Å². The van der Waals surface area contributed by atoms with Crippen LogP contribution in [0.3, 0.4) is 0 Å². The predicted octanol–water partition coefficient (Wildman–Crippen LogP) is 3.23. The van der Waals surface area contributed by atoms with Gasteiger partial charge in [0.15, 0.2) is 5.65 Å². The van der Waals surface area contributed by atoms with Crippen LogP contribution in [-0.4, -0.2) is 19.3 Å². The molecule has 0 aliphatic heterocycles. The van der Waals surface area contributed by atoms with E-state index in [1.165, 1.54) is 18.6 Å². The number of hydrogen-bond donors (Lipinski definition) is 0. The molecule has 0 amide bonds. The average Bonchev–Trinajstić information content (AvgIpc) is 3.02. The van der Waals surface area contributed by atoms with Crippen LogP contribution in [-0.2, 0) is 0 Å².